The standard InChI is InChI=1S/C13H17ClN4O2S/c1-10(2)18(8-11-6-4-5-7-15-11)21(19,20)13-12(14)17(3)9-16-13/h4-7,9-10H,8H2,1-3H3. The van der Waals surface area contributed by atoms with Crippen molar-refractivity contribution in [2.45, 2.75) is 31.5 Å². The van der Waals surface area contributed by atoms with E-state index in [1.165, 1.54) is 15.2 Å². The van der Waals surface area contributed by atoms with Gasteiger partial charge < -0.3 is 4.57 Å². The van der Waals surface area contributed by atoms with Crippen LogP contribution in [0, 0.1) is 0 Å². The molecular formula is C13H17ClN4O2S. The summed E-state index contributed by atoms with van der Waals surface area (Å²) in [6.07, 6.45) is 3.02. The number of pyridine rings is 1. The van der Waals surface area contributed by atoms with Crippen molar-refractivity contribution in [2.24, 2.45) is 7.05 Å². The number of halogens is 1. The Morgan fingerprint density at radius 2 is 2.05 bits per heavy atom. The van der Waals surface area contributed by atoms with Gasteiger partial charge in [0.2, 0.25) is 5.03 Å². The van der Waals surface area contributed by atoms with Crippen LogP contribution >= 0.6 is 11.6 Å². The third-order valence-electron chi connectivity index (χ3n) is 3.01. The molecule has 0 saturated carbocycles. The monoisotopic (exact) mass is 328 g/mol. The van der Waals surface area contributed by atoms with Crippen molar-refractivity contribution in [3.63, 3.8) is 0 Å². The van der Waals surface area contributed by atoms with Gasteiger partial charge in [-0.1, -0.05) is 17.7 Å². The maximum Gasteiger partial charge on any atom is 0.264 e. The smallest absolute Gasteiger partial charge is 0.264 e. The molecule has 8 heteroatoms. The maximum atomic E-state index is 12.8. The quantitative estimate of drug-likeness (QED) is 0.842. The van der Waals surface area contributed by atoms with E-state index in [1.54, 1.807) is 39.2 Å². The number of sulfonamides is 1. The number of imidazole rings is 1. The highest BCUT2D eigenvalue weighted by molar-refractivity contribution is 7.89. The molecule has 2 rings (SSSR count). The Morgan fingerprint density at radius 1 is 1.33 bits per heavy atom. The van der Waals surface area contributed by atoms with E-state index >= 15 is 0 Å². The SMILES string of the molecule is CC(C)N(Cc1ccccn1)S(=O)(=O)c1ncn(C)c1Cl. The fourth-order valence-corrected chi connectivity index (χ4v) is 3.88. The van der Waals surface area contributed by atoms with Crippen molar-refractivity contribution in [1.82, 2.24) is 18.8 Å². The molecule has 0 amide bonds. The van der Waals surface area contributed by atoms with Gasteiger partial charge in [0.05, 0.1) is 18.6 Å². The van der Waals surface area contributed by atoms with Gasteiger partial charge in [-0.3, -0.25) is 4.98 Å². The molecule has 0 aliphatic carbocycles. The van der Waals surface area contributed by atoms with Gasteiger partial charge in [0.25, 0.3) is 10.0 Å². The van der Waals surface area contributed by atoms with Crippen molar-refractivity contribution < 1.29 is 8.42 Å². The van der Waals surface area contributed by atoms with Gasteiger partial charge in [0.15, 0.2) is 0 Å². The van der Waals surface area contributed by atoms with Gasteiger partial charge in [-0.25, -0.2) is 13.4 Å². The van der Waals surface area contributed by atoms with Crippen molar-refractivity contribution in [1.29, 1.82) is 0 Å². The lowest BCUT2D eigenvalue weighted by atomic mass is 10.3. The second kappa shape index (κ2) is 6.13. The van der Waals surface area contributed by atoms with Crippen LogP contribution in [-0.2, 0) is 23.6 Å². The van der Waals surface area contributed by atoms with Crippen molar-refractivity contribution in [2.75, 3.05) is 0 Å². The minimum absolute atomic E-state index is 0.0988. The predicted molar refractivity (Wildman–Crippen MR) is 80.3 cm³/mol. The third kappa shape index (κ3) is 3.25. The zero-order chi connectivity index (χ0) is 15.6. The molecule has 2 aromatic heterocycles. The first-order valence-electron chi connectivity index (χ1n) is 6.42. The molecule has 0 spiro atoms. The van der Waals surface area contributed by atoms with Crippen molar-refractivity contribution >= 4 is 21.6 Å². The molecule has 0 atom stereocenters. The number of aryl methyl sites for hydroxylation is 1. The van der Waals surface area contributed by atoms with Crippen LogP contribution in [0.5, 0.6) is 0 Å². The molecule has 0 unspecified atom stereocenters. The van der Waals surface area contributed by atoms with Gasteiger partial charge in [0, 0.05) is 19.3 Å². The first-order valence-corrected chi connectivity index (χ1v) is 8.24. The van der Waals surface area contributed by atoms with E-state index < -0.39 is 10.0 Å². The topological polar surface area (TPSA) is 68.1 Å². The Morgan fingerprint density at radius 3 is 2.52 bits per heavy atom. The van der Waals surface area contributed by atoms with Crippen LogP contribution in [0.1, 0.15) is 19.5 Å². The summed E-state index contributed by atoms with van der Waals surface area (Å²) in [7, 11) is -2.13. The second-order valence-corrected chi connectivity index (χ2v) is 7.08. The van der Waals surface area contributed by atoms with Crippen LogP contribution in [0.4, 0.5) is 0 Å². The summed E-state index contributed by atoms with van der Waals surface area (Å²) >= 11 is 6.02. The Kier molecular flexibility index (Phi) is 4.65. The van der Waals surface area contributed by atoms with E-state index in [9.17, 15) is 8.42 Å². The van der Waals surface area contributed by atoms with Crippen LogP contribution < -0.4 is 0 Å². The van der Waals surface area contributed by atoms with E-state index in [2.05, 4.69) is 9.97 Å². The fraction of sp³-hybridized carbons (Fsp3) is 0.385. The van der Waals surface area contributed by atoms with Crippen LogP contribution in [0.25, 0.3) is 0 Å². The molecule has 114 valence electrons. The van der Waals surface area contributed by atoms with Crippen LogP contribution in [0.3, 0.4) is 0 Å². The van der Waals surface area contributed by atoms with Gasteiger partial charge in [-0.2, -0.15) is 4.31 Å². The summed E-state index contributed by atoms with van der Waals surface area (Å²) < 4.78 is 28.3. The molecular weight excluding hydrogens is 312 g/mol. The van der Waals surface area contributed by atoms with E-state index in [1.807, 2.05) is 6.07 Å². The molecule has 0 aromatic carbocycles. The minimum Gasteiger partial charge on any atom is -0.324 e. The number of rotatable bonds is 5. The lowest BCUT2D eigenvalue weighted by Crippen LogP contribution is -2.37. The number of aromatic nitrogens is 3. The summed E-state index contributed by atoms with van der Waals surface area (Å²) in [5, 5.41) is -0.0297. The lowest BCUT2D eigenvalue weighted by molar-refractivity contribution is 0.343. The van der Waals surface area contributed by atoms with E-state index in [0.717, 1.165) is 0 Å². The van der Waals surface area contributed by atoms with Crippen LogP contribution in [0.2, 0.25) is 5.15 Å². The highest BCUT2D eigenvalue weighted by atomic mass is 35.5. The zero-order valence-corrected chi connectivity index (χ0v) is 13.6. The third-order valence-corrected chi connectivity index (χ3v) is 5.52. The summed E-state index contributed by atoms with van der Waals surface area (Å²) in [6.45, 7) is 3.78. The average Bonchev–Trinajstić information content (AvgIpc) is 2.77. The Bertz CT molecular complexity index is 713. The molecule has 0 N–H and O–H groups in total. The summed E-state index contributed by atoms with van der Waals surface area (Å²) in [4.78, 5) is 8.08. The summed E-state index contributed by atoms with van der Waals surface area (Å²) in [5.74, 6) is 0. The number of hydrogen-bond acceptors (Lipinski definition) is 4. The fourth-order valence-electron chi connectivity index (χ4n) is 1.87. The zero-order valence-electron chi connectivity index (χ0n) is 12.1. The normalized spacial score (nSPS) is 12.3. The molecule has 0 fully saturated rings. The minimum atomic E-state index is -3.78. The van der Waals surface area contributed by atoms with E-state index in [0.29, 0.717) is 5.69 Å². The molecule has 0 radical (unpaired) electrons. The number of nitrogens with zero attached hydrogens (tertiary/aromatic N) is 4. The highest BCUT2D eigenvalue weighted by Gasteiger charge is 2.32. The molecule has 0 bridgehead atoms. The molecule has 0 aliphatic rings. The van der Waals surface area contributed by atoms with Crippen molar-refractivity contribution in [3.05, 3.63) is 41.6 Å². The molecule has 21 heavy (non-hydrogen) atoms. The van der Waals surface area contributed by atoms with Crippen LogP contribution in [0.15, 0.2) is 35.7 Å². The average molecular weight is 329 g/mol. The second-order valence-electron chi connectivity index (χ2n) is 4.92. The highest BCUT2D eigenvalue weighted by Crippen LogP contribution is 2.25. The molecule has 2 heterocycles. The first kappa shape index (κ1) is 15.9. The summed E-state index contributed by atoms with van der Waals surface area (Å²) in [5.41, 5.74) is 0.668. The summed E-state index contributed by atoms with van der Waals surface area (Å²) in [6, 6.07) is 5.15. The molecule has 0 aliphatic heterocycles. The molecule has 6 nitrogen and oxygen atoms in total. The van der Waals surface area contributed by atoms with E-state index in [4.69, 9.17) is 11.6 Å². The van der Waals surface area contributed by atoms with Crippen molar-refractivity contribution in [3.8, 4) is 0 Å². The molecule has 2 aromatic rings. The first-order chi connectivity index (χ1) is 9.84. The Hall–Kier alpha value is -1.44. The largest absolute Gasteiger partial charge is 0.324 e. The lowest BCUT2D eigenvalue weighted by Gasteiger charge is -2.24. The predicted octanol–water partition coefficient (Wildman–Crippen LogP) is 2.07. The maximum absolute atomic E-state index is 12.8. The van der Waals surface area contributed by atoms with Gasteiger partial charge in [-0.15, -0.1) is 0 Å². The number of hydrogen-bond donors (Lipinski definition) is 0. The van der Waals surface area contributed by atoms with Gasteiger partial charge in [0.1, 0.15) is 5.15 Å². The Balaban J connectivity index is 2.40. The Labute approximate surface area is 129 Å². The van der Waals surface area contributed by atoms with Gasteiger partial charge in [-0.05, 0) is 26.0 Å². The van der Waals surface area contributed by atoms with Crippen LogP contribution in [-0.4, -0.2) is 33.3 Å². The molecule has 0 saturated heterocycles. The van der Waals surface area contributed by atoms with E-state index in [-0.39, 0.29) is 22.8 Å². The van der Waals surface area contributed by atoms with Gasteiger partial charge >= 0.3 is 0 Å².